The third-order valence-corrected chi connectivity index (χ3v) is 3.32. The summed E-state index contributed by atoms with van der Waals surface area (Å²) < 4.78 is 18.3. The molecule has 0 unspecified atom stereocenters. The maximum Gasteiger partial charge on any atom is 0.407 e. The summed E-state index contributed by atoms with van der Waals surface area (Å²) in [6.07, 6.45) is -0.172. The Kier molecular flexibility index (Phi) is 6.73. The van der Waals surface area contributed by atoms with Crippen molar-refractivity contribution in [1.82, 2.24) is 5.32 Å². The Morgan fingerprint density at radius 1 is 1.16 bits per heavy atom. The number of carbonyl (C=O) groups is 2. The van der Waals surface area contributed by atoms with E-state index in [2.05, 4.69) is 17.2 Å². The maximum absolute atomic E-state index is 13.3. The Hall–Kier alpha value is -3.13. The lowest BCUT2D eigenvalue weighted by atomic mass is 10.0. The average Bonchev–Trinajstić information content (AvgIpc) is 2.60. The molecule has 2 aromatic carbocycles. The minimum Gasteiger partial charge on any atom is -0.445 e. The molecular weight excluding hydrogens is 321 g/mol. The number of rotatable bonds is 5. The standard InChI is InChI=1S/C20H18FNO3/c1-15(23)19-11-10-18(21)13-17(19)9-5-6-12-22-20(24)25-14-16-7-3-2-4-8-16/h2-4,7-8,10-11,13H,6,12,14H2,1H3,(H,22,24). The van der Waals surface area contributed by atoms with Crippen LogP contribution in [0.1, 0.15) is 34.8 Å². The maximum atomic E-state index is 13.3. The fourth-order valence-corrected chi connectivity index (χ4v) is 2.09. The van der Waals surface area contributed by atoms with Crippen molar-refractivity contribution in [3.63, 3.8) is 0 Å². The van der Waals surface area contributed by atoms with Crippen LogP contribution in [0.4, 0.5) is 9.18 Å². The summed E-state index contributed by atoms with van der Waals surface area (Å²) in [6.45, 7) is 1.90. The molecule has 0 fully saturated rings. The van der Waals surface area contributed by atoms with Gasteiger partial charge in [0.1, 0.15) is 12.4 Å². The lowest BCUT2D eigenvalue weighted by Crippen LogP contribution is -2.24. The molecule has 0 spiro atoms. The summed E-state index contributed by atoms with van der Waals surface area (Å²) in [5.41, 5.74) is 1.63. The highest BCUT2D eigenvalue weighted by Crippen LogP contribution is 2.11. The highest BCUT2D eigenvalue weighted by Gasteiger charge is 2.06. The largest absolute Gasteiger partial charge is 0.445 e. The Labute approximate surface area is 146 Å². The van der Waals surface area contributed by atoms with Gasteiger partial charge in [0.05, 0.1) is 0 Å². The van der Waals surface area contributed by atoms with E-state index >= 15 is 0 Å². The van der Waals surface area contributed by atoms with Crippen LogP contribution in [-0.4, -0.2) is 18.4 Å². The monoisotopic (exact) mass is 339 g/mol. The smallest absolute Gasteiger partial charge is 0.407 e. The Bertz CT molecular complexity index is 807. The number of amides is 1. The van der Waals surface area contributed by atoms with Gasteiger partial charge in [0, 0.05) is 24.1 Å². The van der Waals surface area contributed by atoms with E-state index in [4.69, 9.17) is 4.74 Å². The first-order chi connectivity index (χ1) is 12.1. The van der Waals surface area contributed by atoms with Gasteiger partial charge in [-0.1, -0.05) is 42.2 Å². The molecule has 0 aliphatic heterocycles. The zero-order valence-corrected chi connectivity index (χ0v) is 13.8. The van der Waals surface area contributed by atoms with E-state index in [0.717, 1.165) is 5.56 Å². The number of ether oxygens (including phenoxy) is 1. The zero-order valence-electron chi connectivity index (χ0n) is 13.8. The van der Waals surface area contributed by atoms with Crippen molar-refractivity contribution >= 4 is 11.9 Å². The number of hydrogen-bond donors (Lipinski definition) is 1. The Balaban J connectivity index is 1.78. The number of hydrogen-bond acceptors (Lipinski definition) is 3. The van der Waals surface area contributed by atoms with Crippen molar-refractivity contribution in [2.75, 3.05) is 6.54 Å². The molecule has 2 rings (SSSR count). The minimum atomic E-state index is -0.527. The molecule has 1 amide bonds. The topological polar surface area (TPSA) is 55.4 Å². The fraction of sp³-hybridized carbons (Fsp3) is 0.200. The van der Waals surface area contributed by atoms with E-state index in [-0.39, 0.29) is 12.4 Å². The van der Waals surface area contributed by atoms with Crippen molar-refractivity contribution in [2.45, 2.75) is 20.0 Å². The molecule has 1 N–H and O–H groups in total. The second-order valence-electron chi connectivity index (χ2n) is 5.29. The highest BCUT2D eigenvalue weighted by atomic mass is 19.1. The van der Waals surface area contributed by atoms with E-state index in [1.807, 2.05) is 30.3 Å². The lowest BCUT2D eigenvalue weighted by Gasteiger charge is -2.05. The molecule has 25 heavy (non-hydrogen) atoms. The lowest BCUT2D eigenvalue weighted by molar-refractivity contribution is 0.101. The first kappa shape index (κ1) is 18.2. The quantitative estimate of drug-likeness (QED) is 0.513. The molecule has 5 heteroatoms. The van der Waals surface area contributed by atoms with Gasteiger partial charge in [0.2, 0.25) is 0 Å². The SMILES string of the molecule is CC(=O)c1ccc(F)cc1C#CCCNC(=O)OCc1ccccc1. The normalized spacial score (nSPS) is 9.68. The van der Waals surface area contributed by atoms with E-state index in [9.17, 15) is 14.0 Å². The van der Waals surface area contributed by atoms with Gasteiger partial charge in [-0.15, -0.1) is 0 Å². The molecule has 0 atom stereocenters. The molecule has 0 aliphatic rings. The van der Waals surface area contributed by atoms with Crippen molar-refractivity contribution in [2.24, 2.45) is 0 Å². The van der Waals surface area contributed by atoms with Crippen molar-refractivity contribution in [3.8, 4) is 11.8 Å². The summed E-state index contributed by atoms with van der Waals surface area (Å²) in [5.74, 6) is 4.96. The van der Waals surface area contributed by atoms with Crippen molar-refractivity contribution in [1.29, 1.82) is 0 Å². The van der Waals surface area contributed by atoms with Gasteiger partial charge in [-0.2, -0.15) is 0 Å². The average molecular weight is 339 g/mol. The Morgan fingerprint density at radius 3 is 2.64 bits per heavy atom. The van der Waals surface area contributed by atoms with E-state index in [0.29, 0.717) is 24.1 Å². The second kappa shape index (κ2) is 9.24. The fourth-order valence-electron chi connectivity index (χ4n) is 2.09. The van der Waals surface area contributed by atoms with Gasteiger partial charge in [-0.25, -0.2) is 9.18 Å². The third kappa shape index (κ3) is 6.11. The van der Waals surface area contributed by atoms with Gasteiger partial charge in [-0.05, 0) is 30.7 Å². The molecule has 0 aromatic heterocycles. The first-order valence-electron chi connectivity index (χ1n) is 7.80. The first-order valence-corrected chi connectivity index (χ1v) is 7.80. The van der Waals surface area contributed by atoms with Crippen LogP contribution in [0.2, 0.25) is 0 Å². The van der Waals surface area contributed by atoms with E-state index < -0.39 is 11.9 Å². The van der Waals surface area contributed by atoms with Crippen LogP contribution in [-0.2, 0) is 11.3 Å². The second-order valence-corrected chi connectivity index (χ2v) is 5.29. The molecule has 0 saturated heterocycles. The number of alkyl carbamates (subject to hydrolysis) is 1. The predicted molar refractivity (Wildman–Crippen MR) is 92.5 cm³/mol. The van der Waals surface area contributed by atoms with E-state index in [1.165, 1.54) is 25.1 Å². The number of carbonyl (C=O) groups excluding carboxylic acids is 2. The molecular formula is C20H18FNO3. The number of Topliss-reactive ketones (excluding diaryl/α,β-unsaturated/α-hetero) is 1. The molecule has 4 nitrogen and oxygen atoms in total. The summed E-state index contributed by atoms with van der Waals surface area (Å²) in [5, 5.41) is 2.58. The number of halogens is 1. The van der Waals surface area contributed by atoms with Crippen molar-refractivity contribution in [3.05, 3.63) is 71.0 Å². The minimum absolute atomic E-state index is 0.174. The van der Waals surface area contributed by atoms with Gasteiger partial charge >= 0.3 is 6.09 Å². The summed E-state index contributed by atoms with van der Waals surface area (Å²) in [4.78, 5) is 23.0. The molecule has 2 aromatic rings. The van der Waals surface area contributed by atoms with Crippen molar-refractivity contribution < 1.29 is 18.7 Å². The van der Waals surface area contributed by atoms with Crippen LogP contribution in [0.5, 0.6) is 0 Å². The summed E-state index contributed by atoms with van der Waals surface area (Å²) >= 11 is 0. The summed E-state index contributed by atoms with van der Waals surface area (Å²) in [6, 6.07) is 13.2. The highest BCUT2D eigenvalue weighted by molar-refractivity contribution is 5.96. The third-order valence-electron chi connectivity index (χ3n) is 3.32. The van der Waals surface area contributed by atoms with Gasteiger partial charge in [-0.3, -0.25) is 4.79 Å². The van der Waals surface area contributed by atoms with Gasteiger partial charge in [0.15, 0.2) is 5.78 Å². The van der Waals surface area contributed by atoms with Crippen LogP contribution in [0.25, 0.3) is 0 Å². The molecule has 0 radical (unpaired) electrons. The predicted octanol–water partition coefficient (Wildman–Crippen LogP) is 3.70. The molecule has 0 bridgehead atoms. The molecule has 0 heterocycles. The van der Waals surface area contributed by atoms with E-state index in [1.54, 1.807) is 0 Å². The van der Waals surface area contributed by atoms with Gasteiger partial charge in [0.25, 0.3) is 0 Å². The summed E-state index contributed by atoms with van der Waals surface area (Å²) in [7, 11) is 0. The van der Waals surface area contributed by atoms with Crippen LogP contribution in [0.3, 0.4) is 0 Å². The molecule has 0 saturated carbocycles. The van der Waals surface area contributed by atoms with Crippen LogP contribution in [0.15, 0.2) is 48.5 Å². The zero-order chi connectivity index (χ0) is 18.1. The molecule has 0 aliphatic carbocycles. The number of nitrogens with one attached hydrogen (secondary N) is 1. The Morgan fingerprint density at radius 2 is 1.92 bits per heavy atom. The number of benzene rings is 2. The van der Waals surface area contributed by atoms with Crippen LogP contribution < -0.4 is 5.32 Å². The van der Waals surface area contributed by atoms with Crippen LogP contribution in [0, 0.1) is 17.7 Å². The molecule has 128 valence electrons. The number of ketones is 1. The van der Waals surface area contributed by atoms with Crippen LogP contribution >= 0.6 is 0 Å². The van der Waals surface area contributed by atoms with Gasteiger partial charge < -0.3 is 10.1 Å².